The van der Waals surface area contributed by atoms with E-state index in [0.29, 0.717) is 78.6 Å². The molecule has 0 saturated heterocycles. The van der Waals surface area contributed by atoms with Gasteiger partial charge in [0.05, 0.1) is 79.3 Å². The first-order chi connectivity index (χ1) is 24.3. The van der Waals surface area contributed by atoms with Crippen LogP contribution in [-0.2, 0) is 47.6 Å². The van der Waals surface area contributed by atoms with Crippen molar-refractivity contribution in [1.29, 1.82) is 0 Å². The topological polar surface area (TPSA) is 160 Å². The van der Waals surface area contributed by atoms with E-state index < -0.39 is 5.41 Å². The van der Waals surface area contributed by atoms with E-state index in [1.54, 1.807) is 0 Å². The molecule has 50 heavy (non-hydrogen) atoms. The number of carbonyl (C=O) groups is 4. The van der Waals surface area contributed by atoms with Crippen LogP contribution in [0.2, 0.25) is 0 Å². The Bertz CT molecular complexity index is 777. The number of hydrogen-bond acceptors (Lipinski definition) is 11. The van der Waals surface area contributed by atoms with Crippen molar-refractivity contribution in [2.45, 2.75) is 104 Å². The van der Waals surface area contributed by atoms with Gasteiger partial charge in [0.25, 0.3) is 0 Å². The molecule has 0 aromatic carbocycles. The van der Waals surface area contributed by atoms with Gasteiger partial charge >= 0.3 is 0 Å². The van der Waals surface area contributed by atoms with E-state index in [2.05, 4.69) is 22.9 Å². The summed E-state index contributed by atoms with van der Waals surface area (Å²) in [4.78, 5) is 49.9. The van der Waals surface area contributed by atoms with Gasteiger partial charge < -0.3 is 44.4 Å². The fourth-order valence-electron chi connectivity index (χ4n) is 4.94. The van der Waals surface area contributed by atoms with Crippen LogP contribution in [0.15, 0.2) is 0 Å². The van der Waals surface area contributed by atoms with E-state index >= 15 is 0 Å². The SMILES string of the molecule is CCCCC(=O)CCCCC(COCCC(=O)NCCC)(COCCC(=O)NCCC)CC(=O)CCOCCOCCOCCOCCNC. The Morgan fingerprint density at radius 1 is 0.480 bits per heavy atom. The predicted molar refractivity (Wildman–Crippen MR) is 194 cm³/mol. The maximum atomic E-state index is 13.3. The summed E-state index contributed by atoms with van der Waals surface area (Å²) in [5, 5.41) is 8.72. The van der Waals surface area contributed by atoms with Gasteiger partial charge in [-0.15, -0.1) is 0 Å². The second-order valence-electron chi connectivity index (χ2n) is 12.7. The van der Waals surface area contributed by atoms with Gasteiger partial charge in [0.15, 0.2) is 0 Å². The Morgan fingerprint density at radius 2 is 0.960 bits per heavy atom. The average molecular weight is 718 g/mol. The Balaban J connectivity index is 5.04. The highest BCUT2D eigenvalue weighted by Crippen LogP contribution is 2.32. The molecule has 0 spiro atoms. The first-order valence-electron chi connectivity index (χ1n) is 19.0. The molecule has 3 N–H and O–H groups in total. The molecule has 0 aliphatic heterocycles. The molecule has 0 fully saturated rings. The van der Waals surface area contributed by atoms with E-state index in [1.165, 1.54) is 0 Å². The number of carbonyl (C=O) groups excluding carboxylic acids is 4. The number of ether oxygens (including phenoxy) is 6. The van der Waals surface area contributed by atoms with Crippen LogP contribution in [0.25, 0.3) is 0 Å². The van der Waals surface area contributed by atoms with Crippen molar-refractivity contribution in [1.82, 2.24) is 16.0 Å². The van der Waals surface area contributed by atoms with Crippen LogP contribution in [0.5, 0.6) is 0 Å². The van der Waals surface area contributed by atoms with Crippen molar-refractivity contribution in [2.24, 2.45) is 5.41 Å². The van der Waals surface area contributed by atoms with Gasteiger partial charge in [-0.25, -0.2) is 0 Å². The minimum Gasteiger partial charge on any atom is -0.380 e. The van der Waals surface area contributed by atoms with E-state index in [-0.39, 0.29) is 82.1 Å². The summed E-state index contributed by atoms with van der Waals surface area (Å²) in [6, 6.07) is 0. The highest BCUT2D eigenvalue weighted by Gasteiger charge is 2.33. The first kappa shape index (κ1) is 48.0. The van der Waals surface area contributed by atoms with Gasteiger partial charge in [0, 0.05) is 63.6 Å². The fraction of sp³-hybridized carbons (Fsp3) is 0.892. The predicted octanol–water partition coefficient (Wildman–Crippen LogP) is 3.79. The molecular formula is C37H71N3O10. The average Bonchev–Trinajstić information content (AvgIpc) is 3.11. The third-order valence-corrected chi connectivity index (χ3v) is 7.84. The molecule has 2 amide bonds. The molecule has 0 radical (unpaired) electrons. The van der Waals surface area contributed by atoms with E-state index in [9.17, 15) is 19.2 Å². The van der Waals surface area contributed by atoms with Gasteiger partial charge in [-0.2, -0.15) is 0 Å². The lowest BCUT2D eigenvalue weighted by Gasteiger charge is -2.33. The van der Waals surface area contributed by atoms with Crippen molar-refractivity contribution in [3.8, 4) is 0 Å². The number of nitrogens with one attached hydrogen (secondary N) is 3. The lowest BCUT2D eigenvalue weighted by Crippen LogP contribution is -2.36. The van der Waals surface area contributed by atoms with Gasteiger partial charge in [0.2, 0.25) is 11.8 Å². The Kier molecular flexibility index (Phi) is 34.0. The Hall–Kier alpha value is -2.00. The van der Waals surface area contributed by atoms with Crippen molar-refractivity contribution in [2.75, 3.05) is 106 Å². The van der Waals surface area contributed by atoms with Crippen molar-refractivity contribution >= 4 is 23.4 Å². The molecule has 13 nitrogen and oxygen atoms in total. The summed E-state index contributed by atoms with van der Waals surface area (Å²) in [6.45, 7) is 12.7. The fourth-order valence-corrected chi connectivity index (χ4v) is 4.94. The van der Waals surface area contributed by atoms with Crippen molar-refractivity contribution in [3.05, 3.63) is 0 Å². The summed E-state index contributed by atoms with van der Waals surface area (Å²) in [6.07, 6.45) is 7.63. The Labute approximate surface area is 302 Å². The lowest BCUT2D eigenvalue weighted by molar-refractivity contribution is -0.129. The van der Waals surface area contributed by atoms with E-state index in [1.807, 2.05) is 20.9 Å². The third kappa shape index (κ3) is 30.8. The van der Waals surface area contributed by atoms with Gasteiger partial charge in [-0.3, -0.25) is 19.2 Å². The van der Waals surface area contributed by atoms with E-state index in [0.717, 1.165) is 45.1 Å². The smallest absolute Gasteiger partial charge is 0.222 e. The molecule has 0 rings (SSSR count). The number of amides is 2. The lowest BCUT2D eigenvalue weighted by atomic mass is 9.78. The van der Waals surface area contributed by atoms with E-state index in [4.69, 9.17) is 28.4 Å². The normalized spacial score (nSPS) is 11.5. The molecular weight excluding hydrogens is 646 g/mol. The van der Waals surface area contributed by atoms with Crippen molar-refractivity contribution in [3.63, 3.8) is 0 Å². The van der Waals surface area contributed by atoms with Crippen LogP contribution in [0.1, 0.15) is 104 Å². The molecule has 0 atom stereocenters. The molecule has 0 saturated carbocycles. The number of unbranched alkanes of at least 4 members (excludes halogenated alkanes) is 2. The van der Waals surface area contributed by atoms with Crippen LogP contribution in [-0.4, -0.2) is 129 Å². The molecule has 0 heterocycles. The summed E-state index contributed by atoms with van der Waals surface area (Å²) in [5.74, 6) is 0.125. The monoisotopic (exact) mass is 718 g/mol. The summed E-state index contributed by atoms with van der Waals surface area (Å²) in [5.41, 5.74) is -0.662. The van der Waals surface area contributed by atoms with Gasteiger partial charge in [0.1, 0.15) is 11.6 Å². The zero-order valence-corrected chi connectivity index (χ0v) is 31.9. The number of Topliss-reactive ketones (excluding diaryl/α,β-unsaturated/α-hetero) is 2. The largest absolute Gasteiger partial charge is 0.380 e. The van der Waals surface area contributed by atoms with Gasteiger partial charge in [-0.1, -0.05) is 33.6 Å². The maximum Gasteiger partial charge on any atom is 0.222 e. The third-order valence-electron chi connectivity index (χ3n) is 7.84. The van der Waals surface area contributed by atoms with Crippen LogP contribution in [0.4, 0.5) is 0 Å². The molecule has 13 heteroatoms. The minimum atomic E-state index is -0.662. The number of likely N-dealkylation sites (N-methyl/N-ethyl adjacent to an activating group) is 1. The highest BCUT2D eigenvalue weighted by molar-refractivity contribution is 5.79. The van der Waals surface area contributed by atoms with Crippen LogP contribution < -0.4 is 16.0 Å². The van der Waals surface area contributed by atoms with Gasteiger partial charge in [-0.05, 0) is 39.2 Å². The molecule has 0 unspecified atom stereocenters. The quantitative estimate of drug-likeness (QED) is 0.0795. The Morgan fingerprint density at radius 3 is 1.46 bits per heavy atom. The van der Waals surface area contributed by atoms with Crippen LogP contribution >= 0.6 is 0 Å². The first-order valence-corrected chi connectivity index (χ1v) is 19.0. The summed E-state index contributed by atoms with van der Waals surface area (Å²) >= 11 is 0. The highest BCUT2D eigenvalue weighted by atomic mass is 16.6. The molecule has 0 bridgehead atoms. The molecule has 0 aromatic rings. The summed E-state index contributed by atoms with van der Waals surface area (Å²) < 4.78 is 34.2. The minimum absolute atomic E-state index is 0.0175. The zero-order chi connectivity index (χ0) is 37.0. The second-order valence-corrected chi connectivity index (χ2v) is 12.7. The summed E-state index contributed by atoms with van der Waals surface area (Å²) in [7, 11) is 1.88. The second kappa shape index (κ2) is 35.4. The number of ketones is 2. The molecule has 0 aromatic heterocycles. The molecule has 0 aliphatic rings. The molecule has 294 valence electrons. The van der Waals surface area contributed by atoms with Crippen LogP contribution in [0, 0.1) is 5.41 Å². The van der Waals surface area contributed by atoms with Crippen LogP contribution in [0.3, 0.4) is 0 Å². The van der Waals surface area contributed by atoms with Crippen molar-refractivity contribution < 1.29 is 47.6 Å². The number of rotatable bonds is 39. The number of hydrogen-bond donors (Lipinski definition) is 3. The maximum absolute atomic E-state index is 13.3. The standard InChI is InChI=1S/C37H71N3O10/c1-5-8-11-33(41)12-9-10-16-37(31-49-21-14-35(43)39-17-6-2,32-50-22-15-36(44)40-18-7-3)30-34(42)13-20-45-24-26-47-28-29-48-27-25-46-23-19-38-4/h38H,5-32H2,1-4H3,(H,39,43)(H,40,44). The molecule has 0 aliphatic carbocycles. The zero-order valence-electron chi connectivity index (χ0n) is 31.9.